The molecule has 0 radical (unpaired) electrons. The minimum absolute atomic E-state index is 0.0160. The SMILES string of the molecule is CC(C)(C)c1cc(-c2ccccc2)cc(-c2cc(C(C)(C)C)ccc2N(c2cc(C(C)(C)C)cc(C(C)(C)C)c2)c2ccc3ccc4c(-n5c6ccc(C(C)(C)C)cc6c6cc(C(C)(C)C)ccc65)ccc5ccc2c3c54)c1. The first-order valence-corrected chi connectivity index (χ1v) is 28.6. The van der Waals surface area contributed by atoms with E-state index in [1.165, 1.54) is 115 Å². The first kappa shape index (κ1) is 52.9. The van der Waals surface area contributed by atoms with Crippen molar-refractivity contribution < 1.29 is 0 Å². The Bertz CT molecular complexity index is 4010. The van der Waals surface area contributed by atoms with E-state index in [4.69, 9.17) is 0 Å². The van der Waals surface area contributed by atoms with E-state index in [9.17, 15) is 0 Å². The van der Waals surface area contributed by atoms with E-state index in [0.29, 0.717) is 0 Å². The van der Waals surface area contributed by atoms with Crippen LogP contribution in [-0.4, -0.2) is 4.57 Å². The van der Waals surface area contributed by atoms with Crippen LogP contribution in [0.3, 0.4) is 0 Å². The fourth-order valence-electron chi connectivity index (χ4n) is 11.8. The van der Waals surface area contributed by atoms with Crippen molar-refractivity contribution in [3.8, 4) is 27.9 Å². The summed E-state index contributed by atoms with van der Waals surface area (Å²) in [6.07, 6.45) is 0. The average Bonchev–Trinajstić information content (AvgIpc) is 3.88. The summed E-state index contributed by atoms with van der Waals surface area (Å²) < 4.78 is 2.55. The van der Waals surface area contributed by atoms with E-state index in [1.807, 2.05) is 0 Å². The van der Waals surface area contributed by atoms with Gasteiger partial charge in [-0.3, -0.25) is 0 Å². The van der Waals surface area contributed by atoms with Crippen LogP contribution in [0.1, 0.15) is 158 Å². The van der Waals surface area contributed by atoms with Crippen molar-refractivity contribution in [2.24, 2.45) is 0 Å². The summed E-state index contributed by atoms with van der Waals surface area (Å²) in [6.45, 7) is 42.1. The van der Waals surface area contributed by atoms with Crippen LogP contribution in [-0.2, 0) is 32.5 Å². The van der Waals surface area contributed by atoms with E-state index >= 15 is 0 Å². The number of hydrogen-bond acceptors (Lipinski definition) is 1. The summed E-state index contributed by atoms with van der Waals surface area (Å²) in [6, 6.07) is 66.4. The van der Waals surface area contributed by atoms with Gasteiger partial charge in [-0.05, 0) is 171 Å². The molecule has 10 aromatic carbocycles. The smallest absolute Gasteiger partial charge is 0.0541 e. The topological polar surface area (TPSA) is 8.17 Å². The summed E-state index contributed by atoms with van der Waals surface area (Å²) >= 11 is 0. The molecule has 1 aromatic heterocycles. The van der Waals surface area contributed by atoms with Crippen LogP contribution >= 0.6 is 0 Å². The van der Waals surface area contributed by atoms with E-state index in [0.717, 1.165) is 17.1 Å². The van der Waals surface area contributed by atoms with Crippen LogP contribution < -0.4 is 4.90 Å². The van der Waals surface area contributed by atoms with E-state index < -0.39 is 0 Å². The molecular weight excluding hydrogens is 941 g/mol. The van der Waals surface area contributed by atoms with Gasteiger partial charge in [-0.15, -0.1) is 0 Å². The van der Waals surface area contributed by atoms with Gasteiger partial charge in [0.15, 0.2) is 0 Å². The van der Waals surface area contributed by atoms with E-state index in [2.05, 4.69) is 304 Å². The Hall–Kier alpha value is -7.16. The Kier molecular flexibility index (Phi) is 12.3. The van der Waals surface area contributed by atoms with Gasteiger partial charge >= 0.3 is 0 Å². The Morgan fingerprint density at radius 1 is 0.295 bits per heavy atom. The molecule has 2 nitrogen and oxygen atoms in total. The molecule has 11 aromatic rings. The molecule has 2 heteroatoms. The Morgan fingerprint density at radius 2 is 0.731 bits per heavy atom. The Morgan fingerprint density at radius 3 is 1.27 bits per heavy atom. The summed E-state index contributed by atoms with van der Waals surface area (Å²) in [5.74, 6) is 0. The molecular formula is C76H82N2. The second-order valence-electron chi connectivity index (χ2n) is 28.9. The van der Waals surface area contributed by atoms with Crippen molar-refractivity contribution in [3.05, 3.63) is 203 Å². The maximum atomic E-state index is 2.62. The van der Waals surface area contributed by atoms with Crippen LogP contribution in [0, 0.1) is 0 Å². The van der Waals surface area contributed by atoms with Crippen molar-refractivity contribution in [1.29, 1.82) is 0 Å². The lowest BCUT2D eigenvalue weighted by atomic mass is 9.80. The van der Waals surface area contributed by atoms with E-state index in [-0.39, 0.29) is 32.5 Å². The highest BCUT2D eigenvalue weighted by Gasteiger charge is 2.30. The highest BCUT2D eigenvalue weighted by Crippen LogP contribution is 2.51. The van der Waals surface area contributed by atoms with Gasteiger partial charge in [-0.25, -0.2) is 0 Å². The average molecular weight is 1020 g/mol. The quantitative estimate of drug-likeness (QED) is 0.151. The first-order chi connectivity index (χ1) is 36.4. The van der Waals surface area contributed by atoms with Gasteiger partial charge < -0.3 is 9.47 Å². The predicted octanol–water partition coefficient (Wildman–Crippen LogP) is 22.3. The number of nitrogens with zero attached hydrogens (tertiary/aromatic N) is 2. The van der Waals surface area contributed by atoms with Gasteiger partial charge in [0.2, 0.25) is 0 Å². The zero-order valence-corrected chi connectivity index (χ0v) is 50.1. The summed E-state index contributed by atoms with van der Waals surface area (Å²) in [4.78, 5) is 2.62. The predicted molar refractivity (Wildman–Crippen MR) is 342 cm³/mol. The number of rotatable bonds is 6. The number of benzene rings is 10. The van der Waals surface area contributed by atoms with E-state index in [1.54, 1.807) is 0 Å². The molecule has 0 aliphatic heterocycles. The molecule has 78 heavy (non-hydrogen) atoms. The fraction of sp³-hybridized carbons (Fsp3) is 0.316. The van der Waals surface area contributed by atoms with Gasteiger partial charge in [0, 0.05) is 32.8 Å². The molecule has 0 atom stereocenters. The molecule has 0 saturated heterocycles. The third-order valence-corrected chi connectivity index (χ3v) is 16.8. The molecule has 0 spiro atoms. The number of hydrogen-bond donors (Lipinski definition) is 0. The molecule has 0 amide bonds. The summed E-state index contributed by atoms with van der Waals surface area (Å²) in [5, 5.41) is 10.2. The Labute approximate surface area is 466 Å². The molecule has 0 aliphatic carbocycles. The fourth-order valence-corrected chi connectivity index (χ4v) is 11.8. The third kappa shape index (κ3) is 9.37. The van der Waals surface area contributed by atoms with Gasteiger partial charge in [-0.1, -0.05) is 228 Å². The molecule has 396 valence electrons. The maximum absolute atomic E-state index is 2.62. The van der Waals surface area contributed by atoms with Gasteiger partial charge in [-0.2, -0.15) is 0 Å². The van der Waals surface area contributed by atoms with Crippen LogP contribution in [0.4, 0.5) is 17.1 Å². The molecule has 0 fully saturated rings. The largest absolute Gasteiger partial charge is 0.309 e. The lowest BCUT2D eigenvalue weighted by molar-refractivity contribution is 0.568. The van der Waals surface area contributed by atoms with Crippen molar-refractivity contribution in [1.82, 2.24) is 4.57 Å². The van der Waals surface area contributed by atoms with Crippen LogP contribution in [0.25, 0.3) is 82.1 Å². The maximum Gasteiger partial charge on any atom is 0.0541 e. The highest BCUT2D eigenvalue weighted by atomic mass is 15.1. The zero-order valence-electron chi connectivity index (χ0n) is 50.1. The van der Waals surface area contributed by atoms with Crippen molar-refractivity contribution in [2.45, 2.75) is 157 Å². The molecule has 0 aliphatic rings. The van der Waals surface area contributed by atoms with Crippen LogP contribution in [0.5, 0.6) is 0 Å². The van der Waals surface area contributed by atoms with Crippen LogP contribution in [0.15, 0.2) is 170 Å². The van der Waals surface area contributed by atoms with Crippen molar-refractivity contribution >= 4 is 71.2 Å². The molecule has 0 unspecified atom stereocenters. The molecule has 0 saturated carbocycles. The minimum atomic E-state index is -0.0965. The van der Waals surface area contributed by atoms with Crippen molar-refractivity contribution in [3.63, 3.8) is 0 Å². The number of aromatic nitrogens is 1. The van der Waals surface area contributed by atoms with Gasteiger partial charge in [0.05, 0.1) is 28.1 Å². The normalized spacial score (nSPS) is 13.3. The zero-order chi connectivity index (χ0) is 55.8. The second kappa shape index (κ2) is 18.2. The minimum Gasteiger partial charge on any atom is -0.309 e. The lowest BCUT2D eigenvalue weighted by Gasteiger charge is -2.34. The number of fused-ring (bicyclic) bond motifs is 3. The van der Waals surface area contributed by atoms with Crippen LogP contribution in [0.2, 0.25) is 0 Å². The third-order valence-electron chi connectivity index (χ3n) is 16.8. The molecule has 1 heterocycles. The standard InChI is InChI=1S/C76H82N2/c1-71(2,3)52-28-35-66(61(44-52)51-38-50(47-22-20-19-21-23-47)39-55(40-51)74(10,11)12)77(58-42-56(75(13,14)15)41-57(43-58)76(16,17)18)64-33-26-48-25-32-60-65(34-27-49-24-31-59(64)69(48)70(49)60)78-67-36-29-53(72(4,5)6)45-62(67)63-46-54(73(7,8)9)30-37-68(63)78/h19-46H,1-18H3. The monoisotopic (exact) mass is 1020 g/mol. The second-order valence-corrected chi connectivity index (χ2v) is 28.9. The van der Waals surface area contributed by atoms with Gasteiger partial charge in [0.1, 0.15) is 0 Å². The summed E-state index contributed by atoms with van der Waals surface area (Å²) in [5.41, 5.74) is 19.7. The molecule has 0 N–H and O–H groups in total. The van der Waals surface area contributed by atoms with Crippen molar-refractivity contribution in [2.75, 3.05) is 4.90 Å². The highest BCUT2D eigenvalue weighted by molar-refractivity contribution is 6.27. The lowest BCUT2D eigenvalue weighted by Crippen LogP contribution is -2.20. The van der Waals surface area contributed by atoms with Gasteiger partial charge in [0.25, 0.3) is 0 Å². The molecule has 0 bridgehead atoms. The number of anilines is 3. The molecule has 11 rings (SSSR count). The summed E-state index contributed by atoms with van der Waals surface area (Å²) in [7, 11) is 0. The first-order valence-electron chi connectivity index (χ1n) is 28.6. The Balaban J connectivity index is 1.24.